The molecule has 0 radical (unpaired) electrons. The molecule has 0 aliphatic rings. The van der Waals surface area contributed by atoms with Gasteiger partial charge in [-0.2, -0.15) is 0 Å². The molecule has 0 saturated carbocycles. The number of aliphatic hydroxyl groups is 1. The fraction of sp³-hybridized carbons (Fsp3) is 0.600. The van der Waals surface area contributed by atoms with Gasteiger partial charge in [-0.1, -0.05) is 62.9 Å². The van der Waals surface area contributed by atoms with Gasteiger partial charge < -0.3 is 15.3 Å². The minimum Gasteiger partial charge on any atom is -0.481 e. The Hall–Kier alpha value is -1.88. The van der Waals surface area contributed by atoms with Crippen molar-refractivity contribution < 1.29 is 24.9 Å². The van der Waals surface area contributed by atoms with E-state index >= 15 is 0 Å². The Kier molecular flexibility index (Phi) is 9.21. The van der Waals surface area contributed by atoms with Gasteiger partial charge in [0.2, 0.25) is 0 Å². The molecule has 5 nitrogen and oxygen atoms in total. The Morgan fingerprint density at radius 3 is 2.28 bits per heavy atom. The van der Waals surface area contributed by atoms with Crippen molar-refractivity contribution in [2.24, 2.45) is 11.3 Å². The lowest BCUT2D eigenvalue weighted by atomic mass is 9.70. The maximum absolute atomic E-state index is 12.2. The summed E-state index contributed by atoms with van der Waals surface area (Å²) < 4.78 is 0. The van der Waals surface area contributed by atoms with Crippen LogP contribution < -0.4 is 0 Å². The maximum Gasteiger partial charge on any atom is 0.309 e. The standard InChI is InChI=1S/C20H30O5/c1-2-3-4-8-12-20(19(24)25,14-16-9-6-5-7-10-16)15-17(11-13-21)18(22)23/h5-7,9-10,17,21H,2-4,8,11-15H2,1H3,(H,22,23)(H,24,25). The van der Waals surface area contributed by atoms with Crippen molar-refractivity contribution in [3.8, 4) is 0 Å². The Bertz CT molecular complexity index is 528. The van der Waals surface area contributed by atoms with Crippen molar-refractivity contribution in [2.75, 3.05) is 6.61 Å². The Balaban J connectivity index is 3.05. The predicted molar refractivity (Wildman–Crippen MR) is 96.4 cm³/mol. The van der Waals surface area contributed by atoms with Crippen LogP contribution in [0.1, 0.15) is 57.4 Å². The van der Waals surface area contributed by atoms with Crippen molar-refractivity contribution >= 4 is 11.9 Å². The van der Waals surface area contributed by atoms with E-state index in [9.17, 15) is 19.8 Å². The third-order valence-corrected chi connectivity index (χ3v) is 4.81. The van der Waals surface area contributed by atoms with Crippen molar-refractivity contribution in [3.63, 3.8) is 0 Å². The van der Waals surface area contributed by atoms with Gasteiger partial charge in [0.05, 0.1) is 11.3 Å². The normalized spacial score (nSPS) is 14.6. The van der Waals surface area contributed by atoms with Crippen LogP contribution in [0.3, 0.4) is 0 Å². The summed E-state index contributed by atoms with van der Waals surface area (Å²) in [5.41, 5.74) is -0.221. The monoisotopic (exact) mass is 350 g/mol. The highest BCUT2D eigenvalue weighted by atomic mass is 16.4. The lowest BCUT2D eigenvalue weighted by molar-refractivity contribution is -0.153. The number of benzene rings is 1. The second-order valence-electron chi connectivity index (χ2n) is 6.81. The third kappa shape index (κ3) is 6.86. The first-order valence-electron chi connectivity index (χ1n) is 9.06. The van der Waals surface area contributed by atoms with Gasteiger partial charge in [-0.25, -0.2) is 0 Å². The van der Waals surface area contributed by atoms with Crippen LogP contribution in [-0.4, -0.2) is 33.9 Å². The molecular formula is C20H30O5. The fourth-order valence-electron chi connectivity index (χ4n) is 3.35. The summed E-state index contributed by atoms with van der Waals surface area (Å²) in [6.45, 7) is 1.84. The van der Waals surface area contributed by atoms with Gasteiger partial charge in [0, 0.05) is 6.61 Å². The van der Waals surface area contributed by atoms with E-state index < -0.39 is 23.3 Å². The number of hydrogen-bond donors (Lipinski definition) is 3. The van der Waals surface area contributed by atoms with Crippen LogP contribution in [0.4, 0.5) is 0 Å². The molecule has 1 aromatic rings. The first kappa shape index (κ1) is 21.2. The van der Waals surface area contributed by atoms with Crippen LogP contribution in [-0.2, 0) is 16.0 Å². The molecule has 0 amide bonds. The smallest absolute Gasteiger partial charge is 0.309 e. The van der Waals surface area contributed by atoms with Gasteiger partial charge >= 0.3 is 11.9 Å². The van der Waals surface area contributed by atoms with Crippen LogP contribution in [0.2, 0.25) is 0 Å². The number of aliphatic hydroxyl groups excluding tert-OH is 1. The summed E-state index contributed by atoms with van der Waals surface area (Å²) in [5, 5.41) is 28.6. The highest BCUT2D eigenvalue weighted by Crippen LogP contribution is 2.38. The molecule has 2 atom stereocenters. The molecule has 140 valence electrons. The molecule has 5 heteroatoms. The molecule has 0 spiro atoms. The van der Waals surface area contributed by atoms with E-state index in [0.29, 0.717) is 12.8 Å². The van der Waals surface area contributed by atoms with Gasteiger partial charge in [-0.3, -0.25) is 9.59 Å². The van der Waals surface area contributed by atoms with Gasteiger partial charge in [-0.05, 0) is 31.2 Å². The van der Waals surface area contributed by atoms with Crippen LogP contribution >= 0.6 is 0 Å². The quantitative estimate of drug-likeness (QED) is 0.471. The van der Waals surface area contributed by atoms with Gasteiger partial charge in [0.25, 0.3) is 0 Å². The molecule has 0 fully saturated rings. The number of rotatable bonds is 13. The lowest BCUT2D eigenvalue weighted by Crippen LogP contribution is -2.37. The van der Waals surface area contributed by atoms with Crippen molar-refractivity contribution in [1.29, 1.82) is 0 Å². The van der Waals surface area contributed by atoms with Gasteiger partial charge in [-0.15, -0.1) is 0 Å². The van der Waals surface area contributed by atoms with E-state index in [0.717, 1.165) is 31.2 Å². The number of hydrogen-bond acceptors (Lipinski definition) is 3. The average Bonchev–Trinajstić information content (AvgIpc) is 2.58. The highest BCUT2D eigenvalue weighted by Gasteiger charge is 2.41. The Morgan fingerprint density at radius 1 is 1.08 bits per heavy atom. The molecule has 0 bridgehead atoms. The van der Waals surface area contributed by atoms with Crippen LogP contribution in [0, 0.1) is 11.3 Å². The zero-order valence-electron chi connectivity index (χ0n) is 15.0. The van der Waals surface area contributed by atoms with Crippen molar-refractivity contribution in [3.05, 3.63) is 35.9 Å². The second kappa shape index (κ2) is 10.9. The summed E-state index contributed by atoms with van der Waals surface area (Å²) in [7, 11) is 0. The molecule has 0 aliphatic heterocycles. The molecule has 2 unspecified atom stereocenters. The Labute approximate surface area is 149 Å². The topological polar surface area (TPSA) is 94.8 Å². The lowest BCUT2D eigenvalue weighted by Gasteiger charge is -2.32. The molecule has 25 heavy (non-hydrogen) atoms. The van der Waals surface area contributed by atoms with Crippen LogP contribution in [0.15, 0.2) is 30.3 Å². The van der Waals surface area contributed by atoms with E-state index in [1.807, 2.05) is 30.3 Å². The number of carbonyl (C=O) groups is 2. The van der Waals surface area contributed by atoms with E-state index in [2.05, 4.69) is 6.92 Å². The summed E-state index contributed by atoms with van der Waals surface area (Å²) in [4.78, 5) is 23.7. The fourth-order valence-corrected chi connectivity index (χ4v) is 3.35. The summed E-state index contributed by atoms with van der Waals surface area (Å²) in [6, 6.07) is 9.36. The van der Waals surface area contributed by atoms with E-state index in [1.54, 1.807) is 0 Å². The zero-order chi connectivity index (χ0) is 18.7. The molecular weight excluding hydrogens is 320 g/mol. The minimum atomic E-state index is -1.12. The molecule has 0 aliphatic carbocycles. The van der Waals surface area contributed by atoms with Crippen LogP contribution in [0.25, 0.3) is 0 Å². The maximum atomic E-state index is 12.2. The van der Waals surface area contributed by atoms with Gasteiger partial charge in [0.15, 0.2) is 0 Å². The largest absolute Gasteiger partial charge is 0.481 e. The van der Waals surface area contributed by atoms with E-state index in [1.165, 1.54) is 0 Å². The van der Waals surface area contributed by atoms with E-state index in [-0.39, 0.29) is 19.4 Å². The zero-order valence-corrected chi connectivity index (χ0v) is 15.0. The first-order chi connectivity index (χ1) is 11.9. The second-order valence-corrected chi connectivity index (χ2v) is 6.81. The number of aliphatic carboxylic acids is 2. The van der Waals surface area contributed by atoms with E-state index in [4.69, 9.17) is 5.11 Å². The third-order valence-electron chi connectivity index (χ3n) is 4.81. The van der Waals surface area contributed by atoms with Crippen molar-refractivity contribution in [1.82, 2.24) is 0 Å². The molecule has 1 rings (SSSR count). The summed E-state index contributed by atoms with van der Waals surface area (Å²) >= 11 is 0. The minimum absolute atomic E-state index is 0.0409. The molecule has 1 aromatic carbocycles. The number of carboxylic acids is 2. The first-order valence-corrected chi connectivity index (χ1v) is 9.06. The highest BCUT2D eigenvalue weighted by molar-refractivity contribution is 5.77. The SMILES string of the molecule is CCCCCCC(Cc1ccccc1)(CC(CCO)C(=O)O)C(=O)O. The Morgan fingerprint density at radius 2 is 1.76 bits per heavy atom. The molecule has 0 heterocycles. The average molecular weight is 350 g/mol. The number of carboxylic acid groups (broad SMARTS) is 2. The van der Waals surface area contributed by atoms with Crippen LogP contribution in [0.5, 0.6) is 0 Å². The van der Waals surface area contributed by atoms with Crippen molar-refractivity contribution in [2.45, 2.75) is 58.3 Å². The predicted octanol–water partition coefficient (Wildman–Crippen LogP) is 3.74. The molecule has 0 aromatic heterocycles. The van der Waals surface area contributed by atoms with Gasteiger partial charge in [0.1, 0.15) is 0 Å². The molecule has 3 N–H and O–H groups in total. The summed E-state index contributed by atoms with van der Waals surface area (Å²) in [6.07, 6.45) is 4.68. The summed E-state index contributed by atoms with van der Waals surface area (Å²) in [5.74, 6) is -2.84. The molecule has 0 saturated heterocycles. The number of unbranched alkanes of at least 4 members (excludes halogenated alkanes) is 3.